The number of nitrogens with zero attached hydrogens (tertiary/aromatic N) is 5. The van der Waals surface area contributed by atoms with Gasteiger partial charge in [0.2, 0.25) is 6.79 Å². The molecule has 4 heterocycles. The Morgan fingerprint density at radius 3 is 1.65 bits per heavy atom. The van der Waals surface area contributed by atoms with Crippen molar-refractivity contribution in [3.05, 3.63) is 136 Å². The van der Waals surface area contributed by atoms with Gasteiger partial charge in [0, 0.05) is 60.0 Å². The Labute approximate surface area is 472 Å². The van der Waals surface area contributed by atoms with Gasteiger partial charge in [0.05, 0.1) is 18.4 Å². The Morgan fingerprint density at radius 2 is 1.14 bits per heavy atom. The average molecular weight is 1100 g/mol. The number of hydrogen-bond donors (Lipinski definition) is 4. The molecular weight excluding hydrogens is 1030 g/mol. The minimum atomic E-state index is -0.983. The van der Waals surface area contributed by atoms with Gasteiger partial charge in [-0.3, -0.25) is 43.7 Å². The lowest BCUT2D eigenvalue weighted by molar-refractivity contribution is -0.137. The van der Waals surface area contributed by atoms with E-state index in [1.54, 1.807) is 24.3 Å². The monoisotopic (exact) mass is 1100 g/mol. The Balaban J connectivity index is 0.838. The van der Waals surface area contributed by atoms with Gasteiger partial charge in [-0.25, -0.2) is 0 Å². The first-order valence-corrected chi connectivity index (χ1v) is 28.5. The van der Waals surface area contributed by atoms with Crippen molar-refractivity contribution in [1.82, 2.24) is 25.4 Å². The molecule has 3 aliphatic heterocycles. The number of aliphatic carboxylic acids is 2. The molecule has 4 N–H and O–H groups in total. The summed E-state index contributed by atoms with van der Waals surface area (Å²) in [5.41, 5.74) is 5.61. The maximum atomic E-state index is 14.8. The maximum absolute atomic E-state index is 14.8. The summed E-state index contributed by atoms with van der Waals surface area (Å²) < 4.78 is 11.3. The summed E-state index contributed by atoms with van der Waals surface area (Å²) >= 11 is 0. The van der Waals surface area contributed by atoms with E-state index in [1.807, 2.05) is 58.5 Å². The van der Waals surface area contributed by atoms with E-state index in [4.69, 9.17) is 34.7 Å². The number of aliphatic imine (C=N–C) groups is 2. The fourth-order valence-electron chi connectivity index (χ4n) is 12.9. The second-order valence-electron chi connectivity index (χ2n) is 24.4. The summed E-state index contributed by atoms with van der Waals surface area (Å²) in [5, 5.41) is 24.2. The van der Waals surface area contributed by atoms with Crippen molar-refractivity contribution in [2.45, 2.75) is 129 Å². The number of carbonyl (C=O) groups excluding carboxylic acids is 4. The smallest absolute Gasteiger partial charge is 0.305 e. The average Bonchev–Trinajstić information content (AvgIpc) is 3.41. The van der Waals surface area contributed by atoms with Crippen molar-refractivity contribution in [1.29, 1.82) is 0 Å². The zero-order chi connectivity index (χ0) is 57.3. The zero-order valence-corrected chi connectivity index (χ0v) is 47.0. The molecule has 2 aliphatic carbocycles. The van der Waals surface area contributed by atoms with Gasteiger partial charge in [0.25, 0.3) is 23.6 Å². The van der Waals surface area contributed by atoms with Gasteiger partial charge in [-0.05, 0) is 159 Å². The highest BCUT2D eigenvalue weighted by atomic mass is 16.7. The Morgan fingerprint density at radius 1 is 0.630 bits per heavy atom. The SMILES string of the molecule is CC(C)(C)C1CCC2(CC1)N=C(c1cnc3c(CC(C)(C)C4CCC5(CC4)N=C(c4ccc6c(c4)OCO6)C(=O)N5CCc4ccc(C(=O)NCCC(=O)O)cc4)cccc3c1)C(=O)N2CCc1ccc(C(=O)NCCC(=O)O)cc1. The van der Waals surface area contributed by atoms with E-state index in [0.717, 1.165) is 72.5 Å². The van der Waals surface area contributed by atoms with Crippen LogP contribution < -0.4 is 20.1 Å². The number of carboxylic acid groups (broad SMARTS) is 2. The largest absolute Gasteiger partial charge is 0.481 e. The normalized spacial score (nSPS) is 21.6. The third-order valence-electron chi connectivity index (χ3n) is 17.7. The number of fused-ring (bicyclic) bond motifs is 2. The number of para-hydroxylation sites is 1. The van der Waals surface area contributed by atoms with E-state index in [-0.39, 0.29) is 67.2 Å². The lowest BCUT2D eigenvalue weighted by atomic mass is 9.66. The number of carboxylic acids is 2. The van der Waals surface area contributed by atoms with E-state index in [2.05, 4.69) is 69.5 Å². The van der Waals surface area contributed by atoms with Crippen LogP contribution in [0.15, 0.2) is 107 Å². The number of amides is 4. The topological polar surface area (TPSA) is 229 Å². The number of aromatic nitrogens is 1. The van der Waals surface area contributed by atoms with E-state index >= 15 is 0 Å². The molecule has 5 aromatic rings. The molecule has 17 nitrogen and oxygen atoms in total. The molecule has 0 atom stereocenters. The molecule has 4 amide bonds. The Bertz CT molecular complexity index is 3310. The van der Waals surface area contributed by atoms with Gasteiger partial charge in [0.1, 0.15) is 22.7 Å². The van der Waals surface area contributed by atoms with Gasteiger partial charge in [0.15, 0.2) is 11.5 Å². The number of rotatable bonds is 19. The van der Waals surface area contributed by atoms with Crippen LogP contribution in [0.5, 0.6) is 11.5 Å². The van der Waals surface area contributed by atoms with Crippen molar-refractivity contribution in [2.24, 2.45) is 32.7 Å². The molecule has 81 heavy (non-hydrogen) atoms. The molecule has 2 saturated carbocycles. The van der Waals surface area contributed by atoms with Crippen LogP contribution in [0.25, 0.3) is 10.9 Å². The first-order chi connectivity index (χ1) is 38.7. The predicted octanol–water partition coefficient (Wildman–Crippen LogP) is 9.21. The quantitative estimate of drug-likeness (QED) is 0.0609. The summed E-state index contributed by atoms with van der Waals surface area (Å²) in [5.74, 6) is -0.843. The summed E-state index contributed by atoms with van der Waals surface area (Å²) in [6, 6.07) is 28.3. The minimum absolute atomic E-state index is 0.0374. The maximum Gasteiger partial charge on any atom is 0.305 e. The van der Waals surface area contributed by atoms with Crippen LogP contribution in [0.1, 0.15) is 147 Å². The molecule has 4 aromatic carbocycles. The fraction of sp³-hybridized carbons (Fsp3) is 0.453. The minimum Gasteiger partial charge on any atom is -0.481 e. The lowest BCUT2D eigenvalue weighted by Gasteiger charge is -2.46. The molecule has 2 spiro atoms. The highest BCUT2D eigenvalue weighted by Crippen LogP contribution is 2.50. The number of pyridine rings is 1. The highest BCUT2D eigenvalue weighted by Gasteiger charge is 2.52. The standard InChI is InChI=1S/C64H73N7O10/c1-61(2,3)48-19-27-63(28-20-48)69-56(60(79)71(63)34-26-41-11-15-43(16-12-41)58(77)66-32-24-53(74)75)47-35-44-7-6-8-46(54(44)67-38-47)37-62(4,5)49-21-29-64(30-22-49)68-55(45-17-18-50-51(36-45)81-39-80-50)59(78)70(64)33-25-40-9-13-42(14-10-40)57(76)65-31-23-52(72)73/h6-18,35-36,38,48-49H,19-34,37,39H2,1-5H3,(H,65,76)(H,66,77)(H,72,73)(H,74,75). The fourth-order valence-corrected chi connectivity index (χ4v) is 12.9. The molecule has 0 radical (unpaired) electrons. The van der Waals surface area contributed by atoms with Gasteiger partial charge >= 0.3 is 11.9 Å². The molecule has 0 saturated heterocycles. The molecule has 10 rings (SSSR count). The van der Waals surface area contributed by atoms with Crippen molar-refractivity contribution in [3.8, 4) is 11.5 Å². The predicted molar refractivity (Wildman–Crippen MR) is 307 cm³/mol. The summed E-state index contributed by atoms with van der Waals surface area (Å²) in [6.07, 6.45) is 9.88. The Hall–Kier alpha value is -7.95. The number of nitrogens with one attached hydrogen (secondary N) is 2. The Kier molecular flexibility index (Phi) is 15.9. The van der Waals surface area contributed by atoms with Crippen molar-refractivity contribution >= 4 is 57.9 Å². The third kappa shape index (κ3) is 12.1. The zero-order valence-electron chi connectivity index (χ0n) is 47.0. The van der Waals surface area contributed by atoms with E-state index in [0.29, 0.717) is 95.8 Å². The van der Waals surface area contributed by atoms with Gasteiger partial charge < -0.3 is 40.1 Å². The number of carbonyl (C=O) groups is 6. The van der Waals surface area contributed by atoms with Crippen LogP contribution >= 0.6 is 0 Å². The highest BCUT2D eigenvalue weighted by molar-refractivity contribution is 6.47. The second-order valence-corrected chi connectivity index (χ2v) is 24.4. The van der Waals surface area contributed by atoms with E-state index in [1.165, 1.54) is 0 Å². The van der Waals surface area contributed by atoms with Crippen LogP contribution in [0, 0.1) is 22.7 Å². The van der Waals surface area contributed by atoms with Gasteiger partial charge in [-0.1, -0.05) is 77.1 Å². The molecular formula is C64H73N7O10. The summed E-state index contributed by atoms with van der Waals surface area (Å²) in [6.45, 7) is 12.6. The van der Waals surface area contributed by atoms with Crippen LogP contribution in [0.4, 0.5) is 0 Å². The number of ether oxygens (including phenoxy) is 2. The molecule has 5 aliphatic rings. The summed E-state index contributed by atoms with van der Waals surface area (Å²) in [7, 11) is 0. The van der Waals surface area contributed by atoms with E-state index in [9.17, 15) is 28.8 Å². The first kappa shape index (κ1) is 56.3. The number of benzene rings is 4. The molecule has 0 bridgehead atoms. The van der Waals surface area contributed by atoms with Crippen LogP contribution in [-0.2, 0) is 38.4 Å². The molecule has 0 unspecified atom stereocenters. The van der Waals surface area contributed by atoms with Crippen molar-refractivity contribution in [2.75, 3.05) is 33.0 Å². The third-order valence-corrected chi connectivity index (χ3v) is 17.7. The lowest BCUT2D eigenvalue weighted by Crippen LogP contribution is -2.51. The second kappa shape index (κ2) is 22.9. The van der Waals surface area contributed by atoms with Gasteiger partial charge in [-0.2, -0.15) is 0 Å². The van der Waals surface area contributed by atoms with Crippen molar-refractivity contribution in [3.63, 3.8) is 0 Å². The first-order valence-electron chi connectivity index (χ1n) is 28.5. The molecule has 1 aromatic heterocycles. The van der Waals surface area contributed by atoms with Crippen LogP contribution in [-0.4, -0.2) is 116 Å². The molecule has 2 fully saturated rings. The molecule has 17 heteroatoms. The molecule has 424 valence electrons. The van der Waals surface area contributed by atoms with Crippen LogP contribution in [0.3, 0.4) is 0 Å². The summed E-state index contributed by atoms with van der Waals surface area (Å²) in [4.78, 5) is 96.4. The van der Waals surface area contributed by atoms with Crippen LogP contribution in [0.2, 0.25) is 0 Å². The van der Waals surface area contributed by atoms with Crippen molar-refractivity contribution < 1.29 is 48.5 Å². The van der Waals surface area contributed by atoms with E-state index < -0.39 is 23.3 Å². The van der Waals surface area contributed by atoms with Gasteiger partial charge in [-0.15, -0.1) is 0 Å². The number of hydrogen-bond acceptors (Lipinski definition) is 11.